The van der Waals surface area contributed by atoms with Crippen LogP contribution in [0.2, 0.25) is 0 Å². The van der Waals surface area contributed by atoms with Crippen LogP contribution in [-0.4, -0.2) is 33.9 Å². The van der Waals surface area contributed by atoms with E-state index in [0.29, 0.717) is 11.1 Å². The van der Waals surface area contributed by atoms with Crippen LogP contribution < -0.4 is 10.0 Å². The van der Waals surface area contributed by atoms with Crippen molar-refractivity contribution in [1.29, 1.82) is 0 Å². The van der Waals surface area contributed by atoms with Gasteiger partial charge >= 0.3 is 5.97 Å². The highest BCUT2D eigenvalue weighted by atomic mass is 32.2. The van der Waals surface area contributed by atoms with Crippen LogP contribution in [0.25, 0.3) is 0 Å². The maximum absolute atomic E-state index is 13.1. The Balaban J connectivity index is 2.42. The third kappa shape index (κ3) is 4.51. The fraction of sp³-hybridized carbons (Fsp3) is 0.300. The van der Waals surface area contributed by atoms with Crippen LogP contribution in [-0.2, 0) is 19.6 Å². The van der Waals surface area contributed by atoms with Gasteiger partial charge in [-0.1, -0.05) is 18.2 Å². The van der Waals surface area contributed by atoms with Gasteiger partial charge in [-0.3, -0.25) is 9.52 Å². The number of sulfonamides is 1. The number of rotatable bonds is 6. The molecule has 0 bridgehead atoms. The second-order valence-corrected chi connectivity index (χ2v) is 8.11. The Bertz CT molecular complexity index is 1000. The molecule has 0 aliphatic carbocycles. The molecule has 0 saturated carbocycles. The fourth-order valence-corrected chi connectivity index (χ4v) is 4.51. The third-order valence-electron chi connectivity index (χ3n) is 4.57. The summed E-state index contributed by atoms with van der Waals surface area (Å²) in [7, 11) is -2.53. The molecule has 0 aliphatic heterocycles. The van der Waals surface area contributed by atoms with Crippen molar-refractivity contribution in [2.24, 2.45) is 0 Å². The minimum atomic E-state index is -3.95. The lowest BCUT2D eigenvalue weighted by atomic mass is 10.0. The third-order valence-corrected chi connectivity index (χ3v) is 6.21. The zero-order valence-electron chi connectivity index (χ0n) is 16.5. The number of likely N-dealkylation sites (N-methyl/N-ethyl adjacent to an activating group) is 1. The Kier molecular flexibility index (Phi) is 6.45. The fourth-order valence-electron chi connectivity index (χ4n) is 2.81. The molecule has 2 aromatic carbocycles. The first-order chi connectivity index (χ1) is 13.1. The van der Waals surface area contributed by atoms with Crippen LogP contribution in [0.5, 0.6) is 0 Å². The zero-order valence-corrected chi connectivity index (χ0v) is 17.4. The van der Waals surface area contributed by atoms with E-state index in [1.807, 2.05) is 19.9 Å². The molecule has 0 heterocycles. The Labute approximate surface area is 165 Å². The maximum atomic E-state index is 13.1. The van der Waals surface area contributed by atoms with Gasteiger partial charge in [-0.2, -0.15) is 0 Å². The Hall–Kier alpha value is -2.87. The van der Waals surface area contributed by atoms with E-state index in [2.05, 4.69) is 10.0 Å². The van der Waals surface area contributed by atoms with Crippen molar-refractivity contribution in [3.8, 4) is 0 Å². The topological polar surface area (TPSA) is 102 Å². The molecule has 150 valence electrons. The standard InChI is InChI=1S/C20H24N2O5S/c1-12-10-13(2)15(4)19(14(12)3)28(25,26)22-17-9-7-6-8-16(17)20(24)27-11-18(23)21-5/h6-10,22H,11H2,1-5H3,(H,21,23). The summed E-state index contributed by atoms with van der Waals surface area (Å²) in [5.41, 5.74) is 3.13. The lowest BCUT2D eigenvalue weighted by Crippen LogP contribution is -2.25. The first kappa shape index (κ1) is 21.4. The minimum absolute atomic E-state index is 0.0228. The summed E-state index contributed by atoms with van der Waals surface area (Å²) < 4.78 is 33.6. The summed E-state index contributed by atoms with van der Waals surface area (Å²) in [4.78, 5) is 23.8. The van der Waals surface area contributed by atoms with E-state index in [-0.39, 0.29) is 16.1 Å². The molecule has 0 fully saturated rings. The quantitative estimate of drug-likeness (QED) is 0.721. The number of para-hydroxylation sites is 1. The molecule has 2 aromatic rings. The second-order valence-electron chi connectivity index (χ2n) is 6.49. The molecule has 8 heteroatoms. The van der Waals surface area contributed by atoms with E-state index in [1.54, 1.807) is 26.0 Å². The van der Waals surface area contributed by atoms with Crippen LogP contribution in [0.3, 0.4) is 0 Å². The zero-order chi connectivity index (χ0) is 21.1. The molecule has 28 heavy (non-hydrogen) atoms. The van der Waals surface area contributed by atoms with E-state index >= 15 is 0 Å². The first-order valence-corrected chi connectivity index (χ1v) is 10.1. The normalized spacial score (nSPS) is 11.0. The summed E-state index contributed by atoms with van der Waals surface area (Å²) in [5, 5.41) is 2.34. The van der Waals surface area contributed by atoms with Crippen LogP contribution in [0.1, 0.15) is 32.6 Å². The number of nitrogens with one attached hydrogen (secondary N) is 2. The van der Waals surface area contributed by atoms with Crippen molar-refractivity contribution in [3.05, 3.63) is 58.1 Å². The van der Waals surface area contributed by atoms with Gasteiger partial charge in [-0.15, -0.1) is 0 Å². The number of hydrogen-bond donors (Lipinski definition) is 2. The molecule has 0 radical (unpaired) electrons. The SMILES string of the molecule is CNC(=O)COC(=O)c1ccccc1NS(=O)(=O)c1c(C)c(C)cc(C)c1C. The lowest BCUT2D eigenvalue weighted by molar-refractivity contribution is -0.123. The van der Waals surface area contributed by atoms with Crippen LogP contribution in [0, 0.1) is 27.7 Å². The predicted molar refractivity (Wildman–Crippen MR) is 107 cm³/mol. The highest BCUT2D eigenvalue weighted by Gasteiger charge is 2.24. The molecule has 0 spiro atoms. The van der Waals surface area contributed by atoms with Gasteiger partial charge in [0, 0.05) is 7.05 Å². The van der Waals surface area contributed by atoms with Crippen molar-refractivity contribution in [2.75, 3.05) is 18.4 Å². The Morgan fingerprint density at radius 2 is 1.57 bits per heavy atom. The van der Waals surface area contributed by atoms with E-state index < -0.39 is 28.5 Å². The van der Waals surface area contributed by atoms with Crippen LogP contribution in [0.15, 0.2) is 35.2 Å². The average Bonchev–Trinajstić information content (AvgIpc) is 2.64. The van der Waals surface area contributed by atoms with E-state index in [4.69, 9.17) is 4.74 Å². The van der Waals surface area contributed by atoms with Crippen molar-refractivity contribution in [3.63, 3.8) is 0 Å². The molecular formula is C20H24N2O5S. The molecule has 0 aliphatic rings. The number of anilines is 1. The van der Waals surface area contributed by atoms with Gasteiger partial charge in [-0.25, -0.2) is 13.2 Å². The predicted octanol–water partition coefficient (Wildman–Crippen LogP) is 2.62. The molecule has 2 rings (SSSR count). The summed E-state index contributed by atoms with van der Waals surface area (Å²) in [6, 6.07) is 8.04. The molecule has 0 aromatic heterocycles. The summed E-state index contributed by atoms with van der Waals surface area (Å²) in [5.74, 6) is -1.26. The van der Waals surface area contributed by atoms with Crippen molar-refractivity contribution < 1.29 is 22.7 Å². The number of ether oxygens (including phenoxy) is 1. The van der Waals surface area contributed by atoms with Crippen molar-refractivity contribution in [2.45, 2.75) is 32.6 Å². The first-order valence-electron chi connectivity index (χ1n) is 8.65. The Morgan fingerprint density at radius 3 is 2.14 bits per heavy atom. The molecular weight excluding hydrogens is 380 g/mol. The molecule has 0 saturated heterocycles. The van der Waals surface area contributed by atoms with Crippen molar-refractivity contribution in [1.82, 2.24) is 5.32 Å². The molecule has 1 amide bonds. The highest BCUT2D eigenvalue weighted by Crippen LogP contribution is 2.29. The largest absolute Gasteiger partial charge is 0.452 e. The minimum Gasteiger partial charge on any atom is -0.452 e. The molecule has 7 nitrogen and oxygen atoms in total. The number of amides is 1. The number of esters is 1. The van der Waals surface area contributed by atoms with Gasteiger partial charge in [0.1, 0.15) is 0 Å². The van der Waals surface area contributed by atoms with Crippen LogP contribution >= 0.6 is 0 Å². The average molecular weight is 404 g/mol. The molecule has 2 N–H and O–H groups in total. The van der Waals surface area contributed by atoms with Gasteiger partial charge in [-0.05, 0) is 62.1 Å². The number of hydrogen-bond acceptors (Lipinski definition) is 5. The van der Waals surface area contributed by atoms with Crippen LogP contribution in [0.4, 0.5) is 5.69 Å². The second kappa shape index (κ2) is 8.43. The highest BCUT2D eigenvalue weighted by molar-refractivity contribution is 7.92. The number of benzene rings is 2. The van der Waals surface area contributed by atoms with Gasteiger partial charge < -0.3 is 10.1 Å². The number of carbonyl (C=O) groups is 2. The number of aryl methyl sites for hydroxylation is 2. The van der Waals surface area contributed by atoms with E-state index in [1.165, 1.54) is 19.2 Å². The maximum Gasteiger partial charge on any atom is 0.340 e. The van der Waals surface area contributed by atoms with E-state index in [0.717, 1.165) is 11.1 Å². The van der Waals surface area contributed by atoms with Gasteiger partial charge in [0.25, 0.3) is 15.9 Å². The number of carbonyl (C=O) groups excluding carboxylic acids is 2. The van der Waals surface area contributed by atoms with Crippen molar-refractivity contribution >= 4 is 27.6 Å². The molecule has 0 atom stereocenters. The smallest absolute Gasteiger partial charge is 0.340 e. The van der Waals surface area contributed by atoms with Gasteiger partial charge in [0.2, 0.25) is 0 Å². The molecule has 0 unspecified atom stereocenters. The summed E-state index contributed by atoms with van der Waals surface area (Å²) in [6.07, 6.45) is 0. The Morgan fingerprint density at radius 1 is 1.00 bits per heavy atom. The summed E-state index contributed by atoms with van der Waals surface area (Å²) in [6.45, 7) is 6.75. The van der Waals surface area contributed by atoms with Gasteiger partial charge in [0.15, 0.2) is 6.61 Å². The van der Waals surface area contributed by atoms with Gasteiger partial charge in [0.05, 0.1) is 16.1 Å². The monoisotopic (exact) mass is 404 g/mol. The summed E-state index contributed by atoms with van der Waals surface area (Å²) >= 11 is 0. The van der Waals surface area contributed by atoms with E-state index in [9.17, 15) is 18.0 Å². The lowest BCUT2D eigenvalue weighted by Gasteiger charge is -2.18.